The van der Waals surface area contributed by atoms with Crippen LogP contribution in [0.4, 0.5) is 8.78 Å². The molecule has 0 amide bonds. The summed E-state index contributed by atoms with van der Waals surface area (Å²) >= 11 is 0. The van der Waals surface area contributed by atoms with Gasteiger partial charge in [0.15, 0.2) is 0 Å². The Labute approximate surface area is 112 Å². The number of alkyl halides is 2. The van der Waals surface area contributed by atoms with Crippen LogP contribution in [0.3, 0.4) is 0 Å². The second-order valence-electron chi connectivity index (χ2n) is 4.50. The van der Waals surface area contributed by atoms with E-state index < -0.39 is 13.0 Å². The van der Waals surface area contributed by atoms with E-state index in [2.05, 4.69) is 19.2 Å². The highest BCUT2D eigenvalue weighted by atomic mass is 19.3. The van der Waals surface area contributed by atoms with Crippen LogP contribution in [0.1, 0.15) is 19.4 Å². The van der Waals surface area contributed by atoms with Crippen LogP contribution in [0.5, 0.6) is 5.75 Å². The topological polar surface area (TPSA) is 30.5 Å². The molecule has 0 spiro atoms. The first kappa shape index (κ1) is 15.9. The van der Waals surface area contributed by atoms with E-state index in [0.717, 1.165) is 17.9 Å². The van der Waals surface area contributed by atoms with Crippen LogP contribution in [-0.4, -0.2) is 32.3 Å². The van der Waals surface area contributed by atoms with E-state index in [4.69, 9.17) is 9.47 Å². The van der Waals surface area contributed by atoms with Crippen molar-refractivity contribution >= 4 is 0 Å². The summed E-state index contributed by atoms with van der Waals surface area (Å²) in [5.74, 6) is 0.726. The maximum absolute atomic E-state index is 11.8. The second-order valence-corrected chi connectivity index (χ2v) is 4.50. The van der Waals surface area contributed by atoms with Crippen LogP contribution in [0, 0.1) is 0 Å². The van der Waals surface area contributed by atoms with Crippen molar-refractivity contribution in [3.05, 3.63) is 29.8 Å². The molecule has 0 aromatic heterocycles. The fraction of sp³-hybridized carbons (Fsp3) is 0.571. The molecule has 0 heterocycles. The van der Waals surface area contributed by atoms with Crippen molar-refractivity contribution in [1.29, 1.82) is 0 Å². The molecule has 0 aliphatic heterocycles. The molecule has 19 heavy (non-hydrogen) atoms. The Morgan fingerprint density at radius 1 is 1.21 bits per heavy atom. The van der Waals surface area contributed by atoms with E-state index in [9.17, 15) is 8.78 Å². The largest absolute Gasteiger partial charge is 0.491 e. The van der Waals surface area contributed by atoms with Crippen LogP contribution in [-0.2, 0) is 11.3 Å². The number of halogens is 2. The monoisotopic (exact) mass is 273 g/mol. The van der Waals surface area contributed by atoms with Gasteiger partial charge in [0, 0.05) is 12.6 Å². The van der Waals surface area contributed by atoms with Gasteiger partial charge < -0.3 is 14.8 Å². The number of benzene rings is 1. The van der Waals surface area contributed by atoms with Gasteiger partial charge in [0.1, 0.15) is 19.0 Å². The van der Waals surface area contributed by atoms with E-state index in [-0.39, 0.29) is 13.2 Å². The highest BCUT2D eigenvalue weighted by Crippen LogP contribution is 2.13. The molecule has 0 bridgehead atoms. The molecule has 5 heteroatoms. The highest BCUT2D eigenvalue weighted by molar-refractivity contribution is 5.28. The Bertz CT molecular complexity index is 359. The molecule has 0 saturated heterocycles. The number of hydrogen-bond acceptors (Lipinski definition) is 3. The molecule has 0 radical (unpaired) electrons. The first-order valence-electron chi connectivity index (χ1n) is 6.39. The van der Waals surface area contributed by atoms with Crippen LogP contribution in [0.2, 0.25) is 0 Å². The molecule has 108 valence electrons. The standard InChI is InChI=1S/C14H21F2NO2/c1-11(2)17-9-12-4-3-5-13(8-12)19-7-6-18-10-14(15)16/h3-5,8,11,14,17H,6-7,9-10H2,1-2H3. The third-order valence-corrected chi connectivity index (χ3v) is 2.35. The van der Waals surface area contributed by atoms with E-state index in [0.29, 0.717) is 6.04 Å². The van der Waals surface area contributed by atoms with Gasteiger partial charge in [0.2, 0.25) is 0 Å². The van der Waals surface area contributed by atoms with Crippen LogP contribution < -0.4 is 10.1 Å². The maximum atomic E-state index is 11.8. The summed E-state index contributed by atoms with van der Waals surface area (Å²) in [7, 11) is 0. The third-order valence-electron chi connectivity index (χ3n) is 2.35. The molecular formula is C14H21F2NO2. The Morgan fingerprint density at radius 2 is 2.00 bits per heavy atom. The van der Waals surface area contributed by atoms with Crippen molar-refractivity contribution in [3.8, 4) is 5.75 Å². The zero-order chi connectivity index (χ0) is 14.1. The van der Waals surface area contributed by atoms with Crippen molar-refractivity contribution in [2.45, 2.75) is 32.9 Å². The minimum Gasteiger partial charge on any atom is -0.491 e. The number of hydrogen-bond donors (Lipinski definition) is 1. The van der Waals surface area contributed by atoms with Crippen molar-refractivity contribution < 1.29 is 18.3 Å². The zero-order valence-electron chi connectivity index (χ0n) is 11.4. The second kappa shape index (κ2) is 8.82. The summed E-state index contributed by atoms with van der Waals surface area (Å²) in [5.41, 5.74) is 1.12. The van der Waals surface area contributed by atoms with Crippen LogP contribution in [0.15, 0.2) is 24.3 Å². The average molecular weight is 273 g/mol. The summed E-state index contributed by atoms with van der Waals surface area (Å²) in [4.78, 5) is 0. The van der Waals surface area contributed by atoms with Gasteiger partial charge in [0.25, 0.3) is 6.43 Å². The Hall–Kier alpha value is -1.20. The van der Waals surface area contributed by atoms with Gasteiger partial charge in [-0.05, 0) is 17.7 Å². The summed E-state index contributed by atoms with van der Waals surface area (Å²) in [6.07, 6.45) is -2.43. The average Bonchev–Trinajstić information content (AvgIpc) is 2.36. The van der Waals surface area contributed by atoms with E-state index in [1.165, 1.54) is 0 Å². The van der Waals surface area contributed by atoms with Crippen LogP contribution in [0.25, 0.3) is 0 Å². The number of rotatable bonds is 9. The predicted molar refractivity (Wildman–Crippen MR) is 70.7 cm³/mol. The maximum Gasteiger partial charge on any atom is 0.261 e. The van der Waals surface area contributed by atoms with Gasteiger partial charge in [-0.1, -0.05) is 26.0 Å². The molecule has 0 aliphatic rings. The first-order valence-corrected chi connectivity index (χ1v) is 6.39. The van der Waals surface area contributed by atoms with Gasteiger partial charge in [-0.2, -0.15) is 0 Å². The fourth-order valence-corrected chi connectivity index (χ4v) is 1.46. The lowest BCUT2D eigenvalue weighted by Crippen LogP contribution is -2.21. The Morgan fingerprint density at radius 3 is 2.68 bits per heavy atom. The normalized spacial score (nSPS) is 11.3. The quantitative estimate of drug-likeness (QED) is 0.702. The lowest BCUT2D eigenvalue weighted by molar-refractivity contribution is 0.00763. The molecule has 1 rings (SSSR count). The molecule has 3 nitrogen and oxygen atoms in total. The number of ether oxygens (including phenoxy) is 2. The number of nitrogens with one attached hydrogen (secondary N) is 1. The van der Waals surface area contributed by atoms with E-state index in [1.807, 2.05) is 24.3 Å². The predicted octanol–water partition coefficient (Wildman–Crippen LogP) is 2.85. The molecular weight excluding hydrogens is 252 g/mol. The molecule has 1 aromatic carbocycles. The van der Waals surface area contributed by atoms with Crippen molar-refractivity contribution in [1.82, 2.24) is 5.32 Å². The molecule has 0 aliphatic carbocycles. The Balaban J connectivity index is 2.27. The van der Waals surface area contributed by atoms with Gasteiger partial charge in [-0.3, -0.25) is 0 Å². The summed E-state index contributed by atoms with van der Waals surface area (Å²) in [6.45, 7) is 4.84. The molecule has 0 unspecified atom stereocenters. The molecule has 1 N–H and O–H groups in total. The zero-order valence-corrected chi connectivity index (χ0v) is 11.4. The van der Waals surface area contributed by atoms with Crippen molar-refractivity contribution in [2.75, 3.05) is 19.8 Å². The smallest absolute Gasteiger partial charge is 0.261 e. The third kappa shape index (κ3) is 7.74. The minimum atomic E-state index is -2.43. The summed E-state index contributed by atoms with van der Waals surface area (Å²) in [6, 6.07) is 8.11. The van der Waals surface area contributed by atoms with Crippen molar-refractivity contribution in [2.24, 2.45) is 0 Å². The Kier molecular flexibility index (Phi) is 7.36. The van der Waals surface area contributed by atoms with E-state index >= 15 is 0 Å². The van der Waals surface area contributed by atoms with Gasteiger partial charge in [-0.25, -0.2) is 8.78 Å². The summed E-state index contributed by atoms with van der Waals surface area (Å²) in [5, 5.41) is 3.31. The first-order chi connectivity index (χ1) is 9.08. The van der Waals surface area contributed by atoms with Gasteiger partial charge in [0.05, 0.1) is 6.61 Å². The highest BCUT2D eigenvalue weighted by Gasteiger charge is 2.02. The minimum absolute atomic E-state index is 0.165. The fourth-order valence-electron chi connectivity index (χ4n) is 1.46. The van der Waals surface area contributed by atoms with Gasteiger partial charge in [-0.15, -0.1) is 0 Å². The molecule has 1 aromatic rings. The summed E-state index contributed by atoms with van der Waals surface area (Å²) < 4.78 is 33.8. The molecule has 0 fully saturated rings. The van der Waals surface area contributed by atoms with Gasteiger partial charge >= 0.3 is 0 Å². The van der Waals surface area contributed by atoms with Crippen molar-refractivity contribution in [3.63, 3.8) is 0 Å². The molecule has 0 atom stereocenters. The SMILES string of the molecule is CC(C)NCc1cccc(OCCOCC(F)F)c1. The lowest BCUT2D eigenvalue weighted by Gasteiger charge is -2.10. The van der Waals surface area contributed by atoms with Crippen LogP contribution >= 0.6 is 0 Å². The lowest BCUT2D eigenvalue weighted by atomic mass is 10.2. The molecule has 0 saturated carbocycles. The van der Waals surface area contributed by atoms with E-state index in [1.54, 1.807) is 0 Å².